The average molecular weight is 385 g/mol. The van der Waals surface area contributed by atoms with Gasteiger partial charge in [-0.25, -0.2) is 18.6 Å². The van der Waals surface area contributed by atoms with Crippen molar-refractivity contribution < 1.29 is 18.4 Å². The van der Waals surface area contributed by atoms with E-state index in [9.17, 15) is 18.4 Å². The van der Waals surface area contributed by atoms with Gasteiger partial charge in [0.1, 0.15) is 18.3 Å². The number of nitrogens with one attached hydrogen (secondary N) is 2. The molecule has 7 nitrogen and oxygen atoms in total. The molecular weight excluding hydrogens is 368 g/mol. The Hall–Kier alpha value is -3.54. The number of carbonyl (C=O) groups is 2. The SMILES string of the molecule is Cc1cc(C#N)ncc1[C@H](C)NC(=O)CN1Cc2c(ccc(F)c2F)NC1=O. The molecule has 0 saturated carbocycles. The Kier molecular flexibility index (Phi) is 5.22. The van der Waals surface area contributed by atoms with Gasteiger partial charge in [-0.15, -0.1) is 0 Å². The lowest BCUT2D eigenvalue weighted by Crippen LogP contribution is -2.45. The molecule has 0 spiro atoms. The number of hydrogen-bond donors (Lipinski definition) is 2. The molecule has 0 fully saturated rings. The van der Waals surface area contributed by atoms with Crippen LogP contribution in [-0.4, -0.2) is 28.4 Å². The fourth-order valence-electron chi connectivity index (χ4n) is 3.07. The lowest BCUT2D eigenvalue weighted by atomic mass is 10.0. The van der Waals surface area contributed by atoms with Crippen molar-refractivity contribution in [3.05, 3.63) is 58.4 Å². The second-order valence-electron chi connectivity index (χ2n) is 6.50. The fourth-order valence-corrected chi connectivity index (χ4v) is 3.07. The Labute approximate surface area is 160 Å². The molecule has 1 aromatic heterocycles. The highest BCUT2D eigenvalue weighted by atomic mass is 19.2. The summed E-state index contributed by atoms with van der Waals surface area (Å²) in [6, 6.07) is 4.79. The number of aryl methyl sites for hydroxylation is 1. The lowest BCUT2D eigenvalue weighted by molar-refractivity contribution is -0.122. The van der Waals surface area contributed by atoms with E-state index in [0.29, 0.717) is 0 Å². The van der Waals surface area contributed by atoms with Crippen LogP contribution in [0.4, 0.5) is 19.3 Å². The first-order valence-electron chi connectivity index (χ1n) is 8.49. The van der Waals surface area contributed by atoms with E-state index in [4.69, 9.17) is 5.26 Å². The summed E-state index contributed by atoms with van der Waals surface area (Å²) in [5, 5.41) is 14.1. The van der Waals surface area contributed by atoms with E-state index in [2.05, 4.69) is 15.6 Å². The van der Waals surface area contributed by atoms with Gasteiger partial charge in [-0.05, 0) is 43.2 Å². The third kappa shape index (κ3) is 3.76. The first-order valence-corrected chi connectivity index (χ1v) is 8.49. The Balaban J connectivity index is 1.68. The molecule has 144 valence electrons. The number of halogens is 2. The number of carbonyl (C=O) groups excluding carboxylic acids is 2. The maximum atomic E-state index is 14.0. The Bertz CT molecular complexity index is 1000. The monoisotopic (exact) mass is 385 g/mol. The molecule has 0 bridgehead atoms. The minimum Gasteiger partial charge on any atom is -0.348 e. The second-order valence-corrected chi connectivity index (χ2v) is 6.50. The number of benzene rings is 1. The van der Waals surface area contributed by atoms with Gasteiger partial charge in [-0.3, -0.25) is 4.79 Å². The average Bonchev–Trinajstić information content (AvgIpc) is 2.65. The van der Waals surface area contributed by atoms with E-state index in [1.165, 1.54) is 12.3 Å². The molecule has 1 aliphatic heterocycles. The summed E-state index contributed by atoms with van der Waals surface area (Å²) >= 11 is 0. The van der Waals surface area contributed by atoms with Gasteiger partial charge < -0.3 is 15.5 Å². The van der Waals surface area contributed by atoms with Crippen molar-refractivity contribution in [2.45, 2.75) is 26.4 Å². The van der Waals surface area contributed by atoms with Gasteiger partial charge in [-0.1, -0.05) is 0 Å². The van der Waals surface area contributed by atoms with Crippen LogP contribution in [0.25, 0.3) is 0 Å². The molecular formula is C19H17F2N5O2. The number of rotatable bonds is 4. The Morgan fingerprint density at radius 3 is 2.89 bits per heavy atom. The zero-order valence-electron chi connectivity index (χ0n) is 15.2. The van der Waals surface area contributed by atoms with Crippen molar-refractivity contribution in [2.24, 2.45) is 0 Å². The molecule has 0 saturated heterocycles. The second kappa shape index (κ2) is 7.60. The number of urea groups is 1. The molecule has 28 heavy (non-hydrogen) atoms. The quantitative estimate of drug-likeness (QED) is 0.846. The largest absolute Gasteiger partial charge is 0.348 e. The van der Waals surface area contributed by atoms with Crippen molar-refractivity contribution in [1.29, 1.82) is 5.26 Å². The molecule has 3 amide bonds. The van der Waals surface area contributed by atoms with Crippen LogP contribution in [0.3, 0.4) is 0 Å². The molecule has 1 aromatic carbocycles. The number of amides is 3. The predicted molar refractivity (Wildman–Crippen MR) is 96.0 cm³/mol. The van der Waals surface area contributed by atoms with Gasteiger partial charge in [0.2, 0.25) is 5.91 Å². The summed E-state index contributed by atoms with van der Waals surface area (Å²) in [4.78, 5) is 29.6. The minimum absolute atomic E-state index is 0.00687. The van der Waals surface area contributed by atoms with Crippen LogP contribution in [0.2, 0.25) is 0 Å². The zero-order valence-corrected chi connectivity index (χ0v) is 15.2. The van der Waals surface area contributed by atoms with Crippen LogP contribution in [0.15, 0.2) is 24.4 Å². The summed E-state index contributed by atoms with van der Waals surface area (Å²) in [5.41, 5.74) is 1.98. The van der Waals surface area contributed by atoms with E-state index in [0.717, 1.165) is 22.1 Å². The molecule has 1 aliphatic rings. The third-order valence-corrected chi connectivity index (χ3v) is 4.52. The summed E-state index contributed by atoms with van der Waals surface area (Å²) in [7, 11) is 0. The number of fused-ring (bicyclic) bond motifs is 1. The molecule has 3 rings (SSSR count). The van der Waals surface area contributed by atoms with Crippen molar-refractivity contribution in [3.8, 4) is 6.07 Å². The number of anilines is 1. The fraction of sp³-hybridized carbons (Fsp3) is 0.263. The normalized spacial score (nSPS) is 14.0. The van der Waals surface area contributed by atoms with Gasteiger partial charge in [0.25, 0.3) is 0 Å². The van der Waals surface area contributed by atoms with Gasteiger partial charge in [0.15, 0.2) is 11.6 Å². The van der Waals surface area contributed by atoms with Crippen LogP contribution in [-0.2, 0) is 11.3 Å². The summed E-state index contributed by atoms with van der Waals surface area (Å²) in [6.07, 6.45) is 1.51. The van der Waals surface area contributed by atoms with Gasteiger partial charge in [0, 0.05) is 11.8 Å². The highest BCUT2D eigenvalue weighted by Gasteiger charge is 2.28. The van der Waals surface area contributed by atoms with E-state index >= 15 is 0 Å². The van der Waals surface area contributed by atoms with E-state index in [1.807, 2.05) is 6.07 Å². The first-order chi connectivity index (χ1) is 13.3. The van der Waals surface area contributed by atoms with Crippen LogP contribution >= 0.6 is 0 Å². The molecule has 2 aromatic rings. The van der Waals surface area contributed by atoms with Crippen molar-refractivity contribution in [2.75, 3.05) is 11.9 Å². The topological polar surface area (TPSA) is 98.1 Å². The summed E-state index contributed by atoms with van der Waals surface area (Å²) in [6.45, 7) is 3.00. The van der Waals surface area contributed by atoms with Crippen molar-refractivity contribution in [3.63, 3.8) is 0 Å². The number of aromatic nitrogens is 1. The van der Waals surface area contributed by atoms with Crippen LogP contribution in [0, 0.1) is 29.9 Å². The molecule has 0 aliphatic carbocycles. The van der Waals surface area contributed by atoms with Crippen molar-refractivity contribution >= 4 is 17.6 Å². The predicted octanol–water partition coefficient (Wildman–Crippen LogP) is 2.76. The van der Waals surface area contributed by atoms with Crippen LogP contribution in [0.5, 0.6) is 0 Å². The first kappa shape index (κ1) is 19.2. The molecule has 9 heteroatoms. The van der Waals surface area contributed by atoms with E-state index < -0.39 is 29.6 Å². The summed E-state index contributed by atoms with van der Waals surface area (Å²) < 4.78 is 27.4. The van der Waals surface area contributed by atoms with Gasteiger partial charge >= 0.3 is 6.03 Å². The smallest absolute Gasteiger partial charge is 0.322 e. The number of pyridine rings is 1. The van der Waals surface area contributed by atoms with E-state index in [-0.39, 0.29) is 30.0 Å². The molecule has 0 unspecified atom stereocenters. The van der Waals surface area contributed by atoms with Crippen LogP contribution < -0.4 is 10.6 Å². The van der Waals surface area contributed by atoms with Gasteiger partial charge in [-0.2, -0.15) is 5.26 Å². The summed E-state index contributed by atoms with van der Waals surface area (Å²) in [5.74, 6) is -2.53. The standard InChI is InChI=1S/C19H17F2N5O2/c1-10-5-12(6-22)23-7-13(10)11(2)24-17(27)9-26-8-14-16(25-19(26)28)4-3-15(20)18(14)21/h3-5,7,11H,8-9H2,1-2H3,(H,24,27)(H,25,28)/t11-/m0/s1. The zero-order chi connectivity index (χ0) is 20.4. The van der Waals surface area contributed by atoms with Crippen LogP contribution in [0.1, 0.15) is 35.3 Å². The highest BCUT2D eigenvalue weighted by molar-refractivity contribution is 5.94. The maximum Gasteiger partial charge on any atom is 0.322 e. The van der Waals surface area contributed by atoms with E-state index in [1.54, 1.807) is 19.9 Å². The Morgan fingerprint density at radius 2 is 2.21 bits per heavy atom. The number of nitriles is 1. The Morgan fingerprint density at radius 1 is 1.46 bits per heavy atom. The lowest BCUT2D eigenvalue weighted by Gasteiger charge is -2.29. The molecule has 2 heterocycles. The molecule has 1 atom stereocenters. The molecule has 2 N–H and O–H groups in total. The maximum absolute atomic E-state index is 14.0. The van der Waals surface area contributed by atoms with Gasteiger partial charge in [0.05, 0.1) is 18.3 Å². The molecule has 0 radical (unpaired) electrons. The van der Waals surface area contributed by atoms with Crippen molar-refractivity contribution in [1.82, 2.24) is 15.2 Å². The highest BCUT2D eigenvalue weighted by Crippen LogP contribution is 2.27. The third-order valence-electron chi connectivity index (χ3n) is 4.52. The number of nitrogens with zero attached hydrogens (tertiary/aromatic N) is 3. The number of hydrogen-bond acceptors (Lipinski definition) is 4. The minimum atomic E-state index is -1.05.